The first-order valence-corrected chi connectivity index (χ1v) is 8.26. The van der Waals surface area contributed by atoms with Crippen LogP contribution in [-0.4, -0.2) is 28.2 Å². The Morgan fingerprint density at radius 1 is 1.21 bits per heavy atom. The van der Waals surface area contributed by atoms with Gasteiger partial charge in [0.1, 0.15) is 12.1 Å². The second kappa shape index (κ2) is 7.65. The molecule has 0 fully saturated rings. The van der Waals surface area contributed by atoms with E-state index in [-0.39, 0.29) is 5.91 Å². The number of methoxy groups -OCH3 is 1. The Hall–Kier alpha value is -2.80. The van der Waals surface area contributed by atoms with Crippen molar-refractivity contribution < 1.29 is 9.53 Å². The third-order valence-corrected chi connectivity index (χ3v) is 4.29. The van der Waals surface area contributed by atoms with Crippen LogP contribution in [0.4, 0.5) is 5.69 Å². The molecule has 0 bridgehead atoms. The van der Waals surface area contributed by atoms with Gasteiger partial charge < -0.3 is 10.1 Å². The minimum Gasteiger partial charge on any atom is -0.497 e. The van der Waals surface area contributed by atoms with Crippen LogP contribution in [0.3, 0.4) is 0 Å². The van der Waals surface area contributed by atoms with Gasteiger partial charge in [0.25, 0.3) is 5.91 Å². The topological polar surface area (TPSA) is 79.9 Å². The molecule has 6 nitrogen and oxygen atoms in total. The number of nitrogens with one attached hydrogen (secondary N) is 2. The summed E-state index contributed by atoms with van der Waals surface area (Å²) in [6.07, 6.45) is 1.46. The fourth-order valence-corrected chi connectivity index (χ4v) is 2.93. The fourth-order valence-electron chi connectivity index (χ4n) is 2.15. The summed E-state index contributed by atoms with van der Waals surface area (Å²) in [5.41, 5.74) is 2.30. The van der Waals surface area contributed by atoms with Crippen LogP contribution in [0.25, 0.3) is 0 Å². The maximum absolute atomic E-state index is 12.6. The predicted molar refractivity (Wildman–Crippen MR) is 93.3 cm³/mol. The van der Waals surface area contributed by atoms with E-state index in [1.807, 2.05) is 36.4 Å². The zero-order chi connectivity index (χ0) is 16.8. The first-order valence-electron chi connectivity index (χ1n) is 7.28. The van der Waals surface area contributed by atoms with Gasteiger partial charge in [0.15, 0.2) is 5.16 Å². The minimum absolute atomic E-state index is 0.145. The number of nitrogens with zero attached hydrogens (tertiary/aromatic N) is 2. The van der Waals surface area contributed by atoms with Gasteiger partial charge in [-0.15, -0.1) is 0 Å². The second-order valence-electron chi connectivity index (χ2n) is 4.92. The van der Waals surface area contributed by atoms with Crippen molar-refractivity contribution in [1.29, 1.82) is 0 Å². The van der Waals surface area contributed by atoms with Gasteiger partial charge in [-0.25, -0.2) is 4.98 Å². The molecule has 3 rings (SSSR count). The van der Waals surface area contributed by atoms with E-state index < -0.39 is 0 Å². The van der Waals surface area contributed by atoms with Crippen molar-refractivity contribution in [1.82, 2.24) is 15.2 Å². The molecule has 1 heterocycles. The molecule has 0 aliphatic carbocycles. The number of carbonyl (C=O) groups excluding carboxylic acids is 1. The lowest BCUT2D eigenvalue weighted by Crippen LogP contribution is -2.14. The zero-order valence-corrected chi connectivity index (χ0v) is 13.8. The van der Waals surface area contributed by atoms with Crippen molar-refractivity contribution in [2.45, 2.75) is 10.9 Å². The summed E-state index contributed by atoms with van der Waals surface area (Å²) in [6, 6.07) is 14.8. The Bertz CT molecular complexity index is 804. The van der Waals surface area contributed by atoms with Crippen LogP contribution >= 0.6 is 11.8 Å². The lowest BCUT2D eigenvalue weighted by Gasteiger charge is -2.10. The summed E-state index contributed by atoms with van der Waals surface area (Å²) in [7, 11) is 1.61. The predicted octanol–water partition coefficient (Wildman–Crippen LogP) is 3.36. The lowest BCUT2D eigenvalue weighted by atomic mass is 10.1. The second-order valence-corrected chi connectivity index (χ2v) is 5.88. The summed E-state index contributed by atoms with van der Waals surface area (Å²) in [6.45, 7) is 0. The highest BCUT2D eigenvalue weighted by Gasteiger charge is 2.12. The number of hydrogen-bond acceptors (Lipinski definition) is 5. The van der Waals surface area contributed by atoms with Gasteiger partial charge in [-0.1, -0.05) is 30.0 Å². The number of hydrogen-bond donors (Lipinski definition) is 2. The van der Waals surface area contributed by atoms with Gasteiger partial charge in [0.2, 0.25) is 0 Å². The van der Waals surface area contributed by atoms with Crippen LogP contribution in [-0.2, 0) is 5.75 Å². The Morgan fingerprint density at radius 3 is 2.71 bits per heavy atom. The largest absolute Gasteiger partial charge is 0.497 e. The molecular weight excluding hydrogens is 324 g/mol. The number of carbonyl (C=O) groups is 1. The van der Waals surface area contributed by atoms with Gasteiger partial charge in [-0.05, 0) is 35.9 Å². The van der Waals surface area contributed by atoms with Crippen molar-refractivity contribution in [3.8, 4) is 5.75 Å². The molecule has 0 aliphatic heterocycles. The summed E-state index contributed by atoms with van der Waals surface area (Å²) >= 11 is 1.50. The van der Waals surface area contributed by atoms with Crippen LogP contribution in [0.5, 0.6) is 5.75 Å². The third-order valence-electron chi connectivity index (χ3n) is 3.37. The van der Waals surface area contributed by atoms with Gasteiger partial charge in [0.05, 0.1) is 7.11 Å². The molecule has 24 heavy (non-hydrogen) atoms. The number of rotatable bonds is 6. The molecule has 0 atom stereocenters. The molecular formula is C17H16N4O2S. The molecule has 122 valence electrons. The highest BCUT2D eigenvalue weighted by molar-refractivity contribution is 7.98. The number of benzene rings is 2. The Kier molecular flexibility index (Phi) is 5.12. The molecule has 0 radical (unpaired) electrons. The van der Waals surface area contributed by atoms with Gasteiger partial charge in [-0.2, -0.15) is 5.10 Å². The molecule has 3 aromatic rings. The van der Waals surface area contributed by atoms with E-state index in [2.05, 4.69) is 20.5 Å². The van der Waals surface area contributed by atoms with E-state index in [0.29, 0.717) is 11.3 Å². The number of ether oxygens (including phenoxy) is 1. The smallest absolute Gasteiger partial charge is 0.255 e. The quantitative estimate of drug-likeness (QED) is 0.673. The van der Waals surface area contributed by atoms with Gasteiger partial charge >= 0.3 is 0 Å². The minimum atomic E-state index is -0.145. The van der Waals surface area contributed by atoms with E-state index in [1.165, 1.54) is 18.1 Å². The van der Waals surface area contributed by atoms with Crippen molar-refractivity contribution in [3.05, 3.63) is 66.0 Å². The number of H-pyrrole nitrogens is 1. The van der Waals surface area contributed by atoms with Crippen molar-refractivity contribution in [2.24, 2.45) is 0 Å². The molecule has 1 aromatic heterocycles. The average Bonchev–Trinajstić information content (AvgIpc) is 3.14. The normalized spacial score (nSPS) is 10.4. The number of anilines is 1. The van der Waals surface area contributed by atoms with Crippen molar-refractivity contribution >= 4 is 23.4 Å². The third kappa shape index (κ3) is 3.94. The van der Waals surface area contributed by atoms with Crippen LogP contribution in [0.15, 0.2) is 60.0 Å². The number of thioether (sulfide) groups is 1. The van der Waals surface area contributed by atoms with E-state index >= 15 is 0 Å². The number of aromatic amines is 1. The molecule has 0 unspecified atom stereocenters. The summed E-state index contributed by atoms with van der Waals surface area (Å²) in [5, 5.41) is 10.2. The Morgan fingerprint density at radius 2 is 2.00 bits per heavy atom. The van der Waals surface area contributed by atoms with Gasteiger partial charge in [-0.3, -0.25) is 9.89 Å². The Labute approximate surface area is 143 Å². The van der Waals surface area contributed by atoms with Gasteiger partial charge in [0, 0.05) is 17.0 Å². The molecule has 7 heteroatoms. The van der Waals surface area contributed by atoms with Crippen LogP contribution < -0.4 is 10.1 Å². The molecule has 0 spiro atoms. The standard InChI is InChI=1S/C17H16N4O2S/c1-23-14-8-6-13(7-9-14)20-16(22)15-5-3-2-4-12(15)10-24-17-18-11-19-21-17/h2-9,11H,10H2,1H3,(H,20,22)(H,18,19,21). The molecule has 2 N–H and O–H groups in total. The highest BCUT2D eigenvalue weighted by Crippen LogP contribution is 2.22. The Balaban J connectivity index is 1.71. The van der Waals surface area contributed by atoms with E-state index in [1.54, 1.807) is 19.2 Å². The lowest BCUT2D eigenvalue weighted by molar-refractivity contribution is 0.102. The van der Waals surface area contributed by atoms with Crippen LogP contribution in [0.2, 0.25) is 0 Å². The number of amides is 1. The number of aromatic nitrogens is 3. The first-order chi connectivity index (χ1) is 11.8. The molecule has 0 saturated heterocycles. The highest BCUT2D eigenvalue weighted by atomic mass is 32.2. The van der Waals surface area contributed by atoms with Crippen LogP contribution in [0, 0.1) is 0 Å². The van der Waals surface area contributed by atoms with Crippen molar-refractivity contribution in [3.63, 3.8) is 0 Å². The SMILES string of the molecule is COc1ccc(NC(=O)c2ccccc2CSc2ncn[nH]2)cc1. The monoisotopic (exact) mass is 340 g/mol. The van der Waals surface area contributed by atoms with E-state index in [4.69, 9.17) is 4.74 Å². The van der Waals surface area contributed by atoms with E-state index in [0.717, 1.165) is 22.2 Å². The van der Waals surface area contributed by atoms with E-state index in [9.17, 15) is 4.79 Å². The molecule has 0 saturated carbocycles. The average molecular weight is 340 g/mol. The summed E-state index contributed by atoms with van der Waals surface area (Å²) in [4.78, 5) is 16.6. The van der Waals surface area contributed by atoms with Crippen LogP contribution in [0.1, 0.15) is 15.9 Å². The summed E-state index contributed by atoms with van der Waals surface area (Å²) in [5.74, 6) is 1.23. The fraction of sp³-hybridized carbons (Fsp3) is 0.118. The maximum Gasteiger partial charge on any atom is 0.255 e. The molecule has 1 amide bonds. The summed E-state index contributed by atoms with van der Waals surface area (Å²) < 4.78 is 5.12. The maximum atomic E-state index is 12.6. The molecule has 2 aromatic carbocycles. The first kappa shape index (κ1) is 16.1. The zero-order valence-electron chi connectivity index (χ0n) is 13.0. The molecule has 0 aliphatic rings. The van der Waals surface area contributed by atoms with Crippen molar-refractivity contribution in [2.75, 3.05) is 12.4 Å².